The Labute approximate surface area is 115 Å². The number of thiocarbonyl (C=S) groups is 1. The molecule has 0 amide bonds. The van der Waals surface area contributed by atoms with Crippen LogP contribution in [0.5, 0.6) is 0 Å². The van der Waals surface area contributed by atoms with E-state index in [4.69, 9.17) is 22.7 Å². The molecule has 0 saturated heterocycles. The molecule has 18 heavy (non-hydrogen) atoms. The molecule has 1 rings (SSSR count). The van der Waals surface area contributed by atoms with E-state index in [9.17, 15) is 0 Å². The highest BCUT2D eigenvalue weighted by atomic mass is 32.1. The van der Waals surface area contributed by atoms with E-state index in [-0.39, 0.29) is 0 Å². The first-order chi connectivity index (χ1) is 8.74. The maximum atomic E-state index is 5.58. The molecule has 0 unspecified atom stereocenters. The van der Waals surface area contributed by atoms with Gasteiger partial charge in [-0.2, -0.15) is 0 Å². The highest BCUT2D eigenvalue weighted by Crippen LogP contribution is 2.14. The summed E-state index contributed by atoms with van der Waals surface area (Å²) in [6, 6.07) is 10.3. The highest BCUT2D eigenvalue weighted by Gasteiger charge is 2.06. The molecule has 3 nitrogen and oxygen atoms in total. The van der Waals surface area contributed by atoms with Gasteiger partial charge in [-0.1, -0.05) is 30.4 Å². The van der Waals surface area contributed by atoms with Gasteiger partial charge in [0.1, 0.15) is 0 Å². The van der Waals surface area contributed by atoms with E-state index in [1.165, 1.54) is 5.69 Å². The second-order valence-corrected chi connectivity index (χ2v) is 4.61. The lowest BCUT2D eigenvalue weighted by Crippen LogP contribution is -2.29. The largest absolute Gasteiger partial charge is 0.393 e. The van der Waals surface area contributed by atoms with Crippen LogP contribution in [0.2, 0.25) is 0 Å². The highest BCUT2D eigenvalue weighted by molar-refractivity contribution is 7.80. The molecule has 0 atom stereocenters. The lowest BCUT2D eigenvalue weighted by molar-refractivity contribution is 0.146. The predicted molar refractivity (Wildman–Crippen MR) is 81.2 cm³/mol. The molecule has 0 aromatic heterocycles. The van der Waals surface area contributed by atoms with Gasteiger partial charge < -0.3 is 15.4 Å². The van der Waals surface area contributed by atoms with Gasteiger partial charge in [-0.05, 0) is 25.5 Å². The Hall–Kier alpha value is -1.13. The van der Waals surface area contributed by atoms with Gasteiger partial charge in [0.25, 0.3) is 0 Å². The summed E-state index contributed by atoms with van der Waals surface area (Å²) in [6.45, 7) is 5.42. The molecule has 0 radical (unpaired) electrons. The minimum absolute atomic E-state index is 0.570. The number of benzene rings is 1. The molecule has 0 aliphatic rings. The van der Waals surface area contributed by atoms with Crippen molar-refractivity contribution in [1.29, 1.82) is 0 Å². The van der Waals surface area contributed by atoms with Gasteiger partial charge in [-0.15, -0.1) is 0 Å². The van der Waals surface area contributed by atoms with Crippen molar-refractivity contribution in [2.45, 2.75) is 19.8 Å². The molecule has 0 bridgehead atoms. The summed E-state index contributed by atoms with van der Waals surface area (Å²) in [5.74, 6) is 0. The van der Waals surface area contributed by atoms with Crippen molar-refractivity contribution in [2.24, 2.45) is 5.73 Å². The number of nitrogens with two attached hydrogens (primary N) is 1. The molecule has 0 fully saturated rings. The van der Waals surface area contributed by atoms with Crippen LogP contribution in [0.3, 0.4) is 0 Å². The average molecular weight is 266 g/mol. The molecular weight excluding hydrogens is 244 g/mol. The Balaban J connectivity index is 2.49. The summed E-state index contributed by atoms with van der Waals surface area (Å²) >= 11 is 4.94. The van der Waals surface area contributed by atoms with Crippen LogP contribution in [0.15, 0.2) is 30.3 Å². The van der Waals surface area contributed by atoms with Gasteiger partial charge in [-0.3, -0.25) is 0 Å². The molecule has 1 aromatic carbocycles. The SMILES string of the molecule is CCOCCCN(CCC(N)=S)c1ccccc1. The molecule has 0 heterocycles. The average Bonchev–Trinajstić information content (AvgIpc) is 2.38. The Kier molecular flexibility index (Phi) is 7.37. The molecule has 0 saturated carbocycles. The Morgan fingerprint density at radius 3 is 2.61 bits per heavy atom. The topological polar surface area (TPSA) is 38.5 Å². The third-order valence-corrected chi connectivity index (χ3v) is 2.87. The van der Waals surface area contributed by atoms with E-state index >= 15 is 0 Å². The van der Waals surface area contributed by atoms with Gasteiger partial charge >= 0.3 is 0 Å². The first-order valence-electron chi connectivity index (χ1n) is 6.40. The maximum absolute atomic E-state index is 5.58. The van der Waals surface area contributed by atoms with Gasteiger partial charge in [0.2, 0.25) is 0 Å². The second kappa shape index (κ2) is 8.89. The zero-order valence-corrected chi connectivity index (χ0v) is 11.8. The molecule has 100 valence electrons. The molecule has 4 heteroatoms. The summed E-state index contributed by atoms with van der Waals surface area (Å²) in [5, 5.41) is 0. The van der Waals surface area contributed by atoms with Gasteiger partial charge in [0.15, 0.2) is 0 Å². The molecular formula is C14H22N2OS. The third kappa shape index (κ3) is 5.98. The molecule has 0 spiro atoms. The second-order valence-electron chi connectivity index (χ2n) is 4.09. The third-order valence-electron chi connectivity index (χ3n) is 2.67. The molecule has 1 aromatic rings. The first kappa shape index (κ1) is 14.9. The van der Waals surface area contributed by atoms with E-state index in [2.05, 4.69) is 17.0 Å². The first-order valence-corrected chi connectivity index (χ1v) is 6.81. The van der Waals surface area contributed by atoms with Crippen LogP contribution in [0.25, 0.3) is 0 Å². The van der Waals surface area contributed by atoms with E-state index < -0.39 is 0 Å². The van der Waals surface area contributed by atoms with Crippen LogP contribution < -0.4 is 10.6 Å². The van der Waals surface area contributed by atoms with Crippen molar-refractivity contribution >= 4 is 22.9 Å². The fourth-order valence-corrected chi connectivity index (χ4v) is 1.85. The van der Waals surface area contributed by atoms with Crippen molar-refractivity contribution in [3.63, 3.8) is 0 Å². The summed E-state index contributed by atoms with van der Waals surface area (Å²) in [7, 11) is 0. The summed E-state index contributed by atoms with van der Waals surface area (Å²) in [5.41, 5.74) is 6.79. The number of anilines is 1. The minimum Gasteiger partial charge on any atom is -0.393 e. The van der Waals surface area contributed by atoms with E-state index in [0.717, 1.165) is 39.1 Å². The van der Waals surface area contributed by atoms with Crippen molar-refractivity contribution < 1.29 is 4.74 Å². The smallest absolute Gasteiger partial charge is 0.0745 e. The predicted octanol–water partition coefficient (Wildman–Crippen LogP) is 2.60. The van der Waals surface area contributed by atoms with E-state index in [1.807, 2.05) is 25.1 Å². The lowest BCUT2D eigenvalue weighted by Gasteiger charge is -2.24. The Morgan fingerprint density at radius 1 is 1.28 bits per heavy atom. The number of hydrogen-bond acceptors (Lipinski definition) is 3. The summed E-state index contributed by atoms with van der Waals surface area (Å²) < 4.78 is 5.37. The number of para-hydroxylation sites is 1. The van der Waals surface area contributed by atoms with Gasteiger partial charge in [0, 0.05) is 38.4 Å². The van der Waals surface area contributed by atoms with Gasteiger partial charge in [-0.25, -0.2) is 0 Å². The Morgan fingerprint density at radius 2 is 2.00 bits per heavy atom. The summed E-state index contributed by atoms with van der Waals surface area (Å²) in [4.78, 5) is 2.87. The van der Waals surface area contributed by atoms with Crippen LogP contribution in [0.1, 0.15) is 19.8 Å². The van der Waals surface area contributed by atoms with Crippen molar-refractivity contribution in [1.82, 2.24) is 0 Å². The van der Waals surface area contributed by atoms with Crippen LogP contribution in [0.4, 0.5) is 5.69 Å². The Bertz CT molecular complexity index is 343. The van der Waals surface area contributed by atoms with Crippen LogP contribution in [0, 0.1) is 0 Å². The van der Waals surface area contributed by atoms with Crippen molar-refractivity contribution in [3.8, 4) is 0 Å². The van der Waals surface area contributed by atoms with Crippen LogP contribution in [-0.2, 0) is 4.74 Å². The van der Waals surface area contributed by atoms with E-state index in [0.29, 0.717) is 4.99 Å². The maximum Gasteiger partial charge on any atom is 0.0745 e. The molecule has 0 aliphatic carbocycles. The number of ether oxygens (including phenoxy) is 1. The summed E-state index contributed by atoms with van der Waals surface area (Å²) in [6.07, 6.45) is 1.76. The van der Waals surface area contributed by atoms with E-state index in [1.54, 1.807) is 0 Å². The molecule has 0 aliphatic heterocycles. The monoisotopic (exact) mass is 266 g/mol. The van der Waals surface area contributed by atoms with Crippen molar-refractivity contribution in [3.05, 3.63) is 30.3 Å². The number of hydrogen-bond donors (Lipinski definition) is 1. The number of nitrogens with zero attached hydrogens (tertiary/aromatic N) is 1. The standard InChI is InChI=1S/C14H22N2OS/c1-2-17-12-6-10-16(11-9-14(15)18)13-7-4-3-5-8-13/h3-5,7-8H,2,6,9-12H2,1H3,(H2,15,18). The molecule has 2 N–H and O–H groups in total. The fraction of sp³-hybridized carbons (Fsp3) is 0.500. The lowest BCUT2D eigenvalue weighted by atomic mass is 10.2. The fourth-order valence-electron chi connectivity index (χ4n) is 1.76. The number of rotatable bonds is 9. The van der Waals surface area contributed by atoms with Crippen molar-refractivity contribution in [2.75, 3.05) is 31.2 Å². The van der Waals surface area contributed by atoms with Gasteiger partial charge in [0.05, 0.1) is 4.99 Å². The van der Waals surface area contributed by atoms with Crippen LogP contribution in [-0.4, -0.2) is 31.3 Å². The zero-order valence-electron chi connectivity index (χ0n) is 11.0. The minimum atomic E-state index is 0.570. The normalized spacial score (nSPS) is 10.3. The van der Waals surface area contributed by atoms with Crippen LogP contribution >= 0.6 is 12.2 Å². The zero-order chi connectivity index (χ0) is 13.2. The quantitative estimate of drug-likeness (QED) is 0.551.